The zero-order chi connectivity index (χ0) is 15.2. The zero-order valence-electron chi connectivity index (χ0n) is 11.6. The van der Waals surface area contributed by atoms with Gasteiger partial charge in [-0.05, 0) is 42.4 Å². The predicted octanol–water partition coefficient (Wildman–Crippen LogP) is 4.93. The summed E-state index contributed by atoms with van der Waals surface area (Å²) in [5.41, 5.74) is 1.57. The molecular weight excluding hydrogens is 357 g/mol. The summed E-state index contributed by atoms with van der Waals surface area (Å²) in [5, 5.41) is 3.76. The zero-order valence-corrected chi connectivity index (χ0v) is 14.0. The normalized spacial score (nSPS) is 10.7. The van der Waals surface area contributed by atoms with Crippen LogP contribution in [0.15, 0.2) is 40.9 Å². The molecule has 0 amide bonds. The molecule has 0 bridgehead atoms. The molecule has 2 nitrogen and oxygen atoms in total. The van der Waals surface area contributed by atoms with Crippen molar-refractivity contribution in [3.05, 3.63) is 62.8 Å². The summed E-state index contributed by atoms with van der Waals surface area (Å²) in [4.78, 5) is 0. The summed E-state index contributed by atoms with van der Waals surface area (Å²) >= 11 is 9.51. The molecule has 0 fully saturated rings. The van der Waals surface area contributed by atoms with Gasteiger partial charge in [-0.25, -0.2) is 4.39 Å². The molecule has 0 unspecified atom stereocenters. The fourth-order valence-corrected chi connectivity index (χ4v) is 2.52. The Hall–Kier alpha value is -1.10. The average molecular weight is 373 g/mol. The van der Waals surface area contributed by atoms with Crippen molar-refractivity contribution in [1.29, 1.82) is 0 Å². The molecule has 0 aliphatic rings. The van der Waals surface area contributed by atoms with Crippen LogP contribution < -0.4 is 10.1 Å². The summed E-state index contributed by atoms with van der Waals surface area (Å²) in [6, 6.07) is 10.4. The van der Waals surface area contributed by atoms with E-state index in [1.54, 1.807) is 12.1 Å². The highest BCUT2D eigenvalue weighted by molar-refractivity contribution is 9.10. The van der Waals surface area contributed by atoms with E-state index in [1.807, 2.05) is 25.1 Å². The van der Waals surface area contributed by atoms with Crippen LogP contribution in [-0.4, -0.2) is 6.54 Å². The highest BCUT2D eigenvalue weighted by Crippen LogP contribution is 2.27. The van der Waals surface area contributed by atoms with Crippen LogP contribution in [0.2, 0.25) is 5.02 Å². The lowest BCUT2D eigenvalue weighted by Crippen LogP contribution is -2.11. The Kier molecular flexibility index (Phi) is 6.03. The van der Waals surface area contributed by atoms with E-state index in [1.165, 1.54) is 6.07 Å². The van der Waals surface area contributed by atoms with Crippen molar-refractivity contribution in [3.63, 3.8) is 0 Å². The van der Waals surface area contributed by atoms with Gasteiger partial charge in [-0.2, -0.15) is 0 Å². The van der Waals surface area contributed by atoms with Gasteiger partial charge in [0.05, 0.1) is 5.02 Å². The second kappa shape index (κ2) is 7.78. The van der Waals surface area contributed by atoms with Gasteiger partial charge < -0.3 is 10.1 Å². The fourth-order valence-electron chi connectivity index (χ4n) is 1.85. The Balaban J connectivity index is 2.04. The summed E-state index contributed by atoms with van der Waals surface area (Å²) in [6.45, 7) is 3.85. The third-order valence-corrected chi connectivity index (χ3v) is 3.75. The van der Waals surface area contributed by atoms with Gasteiger partial charge in [0.2, 0.25) is 0 Å². The van der Waals surface area contributed by atoms with E-state index in [2.05, 4.69) is 21.2 Å². The van der Waals surface area contributed by atoms with E-state index in [-0.39, 0.29) is 12.4 Å². The topological polar surface area (TPSA) is 21.3 Å². The predicted molar refractivity (Wildman–Crippen MR) is 87.3 cm³/mol. The van der Waals surface area contributed by atoms with E-state index >= 15 is 0 Å². The van der Waals surface area contributed by atoms with Crippen molar-refractivity contribution in [2.75, 3.05) is 6.54 Å². The third kappa shape index (κ3) is 4.70. The highest BCUT2D eigenvalue weighted by atomic mass is 79.9. The van der Waals surface area contributed by atoms with Crippen LogP contribution in [-0.2, 0) is 13.2 Å². The number of halogens is 3. The molecule has 0 heterocycles. The number of hydrogen-bond acceptors (Lipinski definition) is 2. The Morgan fingerprint density at radius 3 is 2.76 bits per heavy atom. The number of hydrogen-bond donors (Lipinski definition) is 1. The average Bonchev–Trinajstić information content (AvgIpc) is 2.47. The van der Waals surface area contributed by atoms with Crippen LogP contribution in [0.4, 0.5) is 4.39 Å². The first-order chi connectivity index (χ1) is 10.1. The van der Waals surface area contributed by atoms with Crippen molar-refractivity contribution in [1.82, 2.24) is 5.32 Å². The van der Waals surface area contributed by atoms with E-state index in [4.69, 9.17) is 16.3 Å². The fraction of sp³-hybridized carbons (Fsp3) is 0.250. The third-order valence-electron chi connectivity index (χ3n) is 2.97. The number of ether oxygens (including phenoxy) is 1. The Morgan fingerprint density at radius 1 is 1.24 bits per heavy atom. The van der Waals surface area contributed by atoms with E-state index in [9.17, 15) is 4.39 Å². The molecular formula is C16H16BrClFNO. The van der Waals surface area contributed by atoms with Gasteiger partial charge in [0, 0.05) is 16.6 Å². The summed E-state index contributed by atoms with van der Waals surface area (Å²) in [7, 11) is 0. The SMILES string of the molecule is CCNCc1ccc(OCc2cc(Br)ccc2F)c(Cl)c1. The van der Waals surface area contributed by atoms with E-state index in [0.717, 1.165) is 23.1 Å². The molecule has 0 spiro atoms. The number of benzene rings is 2. The Bertz CT molecular complexity index is 621. The Morgan fingerprint density at radius 2 is 2.05 bits per heavy atom. The lowest BCUT2D eigenvalue weighted by atomic mass is 10.2. The van der Waals surface area contributed by atoms with Gasteiger partial charge in [0.25, 0.3) is 0 Å². The molecule has 112 valence electrons. The standard InChI is InChI=1S/C16H16BrClFNO/c1-2-20-9-11-3-6-16(14(18)7-11)21-10-12-8-13(17)4-5-15(12)19/h3-8,20H,2,9-10H2,1H3. The molecule has 0 aromatic heterocycles. The first kappa shape index (κ1) is 16.3. The maximum Gasteiger partial charge on any atom is 0.138 e. The van der Waals surface area contributed by atoms with Gasteiger partial charge in [0.15, 0.2) is 0 Å². The molecule has 2 rings (SSSR count). The van der Waals surface area contributed by atoms with Crippen LogP contribution in [0.5, 0.6) is 5.75 Å². The van der Waals surface area contributed by atoms with Crippen molar-refractivity contribution in [2.24, 2.45) is 0 Å². The molecule has 21 heavy (non-hydrogen) atoms. The lowest BCUT2D eigenvalue weighted by molar-refractivity contribution is 0.300. The first-order valence-electron chi connectivity index (χ1n) is 6.66. The molecule has 0 aliphatic carbocycles. The van der Waals surface area contributed by atoms with Crippen LogP contribution >= 0.6 is 27.5 Å². The summed E-state index contributed by atoms with van der Waals surface area (Å²) < 4.78 is 20.1. The number of nitrogens with one attached hydrogen (secondary N) is 1. The maximum absolute atomic E-state index is 13.6. The maximum atomic E-state index is 13.6. The second-order valence-corrected chi connectivity index (χ2v) is 5.89. The molecule has 5 heteroatoms. The highest BCUT2D eigenvalue weighted by Gasteiger charge is 2.07. The van der Waals surface area contributed by atoms with Crippen molar-refractivity contribution >= 4 is 27.5 Å². The minimum Gasteiger partial charge on any atom is -0.487 e. The monoisotopic (exact) mass is 371 g/mol. The molecule has 0 radical (unpaired) electrons. The quantitative estimate of drug-likeness (QED) is 0.776. The second-order valence-electron chi connectivity index (χ2n) is 4.57. The van der Waals surface area contributed by atoms with Crippen molar-refractivity contribution in [2.45, 2.75) is 20.1 Å². The van der Waals surface area contributed by atoms with E-state index in [0.29, 0.717) is 16.3 Å². The molecule has 1 N–H and O–H groups in total. The number of rotatable bonds is 6. The first-order valence-corrected chi connectivity index (χ1v) is 7.83. The van der Waals surface area contributed by atoms with Crippen LogP contribution in [0.25, 0.3) is 0 Å². The summed E-state index contributed by atoms with van der Waals surface area (Å²) in [5.74, 6) is 0.259. The molecule has 0 saturated carbocycles. The van der Waals surface area contributed by atoms with Gasteiger partial charge in [0.1, 0.15) is 18.2 Å². The molecule has 0 saturated heterocycles. The van der Waals surface area contributed by atoms with Gasteiger partial charge in [-0.15, -0.1) is 0 Å². The lowest BCUT2D eigenvalue weighted by Gasteiger charge is -2.11. The summed E-state index contributed by atoms with van der Waals surface area (Å²) in [6.07, 6.45) is 0. The van der Waals surface area contributed by atoms with Crippen molar-refractivity contribution < 1.29 is 9.13 Å². The van der Waals surface area contributed by atoms with E-state index < -0.39 is 0 Å². The minimum atomic E-state index is -0.293. The molecule has 2 aromatic rings. The molecule has 0 aliphatic heterocycles. The van der Waals surface area contributed by atoms with Crippen LogP contribution in [0.3, 0.4) is 0 Å². The van der Waals surface area contributed by atoms with Crippen molar-refractivity contribution in [3.8, 4) is 5.75 Å². The minimum absolute atomic E-state index is 0.136. The Labute approximate surface area is 137 Å². The largest absolute Gasteiger partial charge is 0.487 e. The van der Waals surface area contributed by atoms with Crippen LogP contribution in [0.1, 0.15) is 18.1 Å². The van der Waals surface area contributed by atoms with Gasteiger partial charge in [-0.1, -0.05) is 40.5 Å². The smallest absolute Gasteiger partial charge is 0.138 e. The van der Waals surface area contributed by atoms with Gasteiger partial charge in [-0.3, -0.25) is 0 Å². The molecule has 0 atom stereocenters. The molecule has 2 aromatic carbocycles. The van der Waals surface area contributed by atoms with Gasteiger partial charge >= 0.3 is 0 Å². The van der Waals surface area contributed by atoms with Crippen LogP contribution in [0, 0.1) is 5.82 Å².